The number of carbonyl (C=O) groups is 1. The van der Waals surface area contributed by atoms with Gasteiger partial charge in [0.05, 0.1) is 6.04 Å². The fourth-order valence-electron chi connectivity index (χ4n) is 2.51. The maximum atomic E-state index is 12.0. The predicted molar refractivity (Wildman–Crippen MR) is 77.3 cm³/mol. The average Bonchev–Trinajstić information content (AvgIpc) is 2.94. The van der Waals surface area contributed by atoms with Crippen LogP contribution in [-0.2, 0) is 11.3 Å². The molecule has 6 heteroatoms. The monoisotopic (exact) mass is 298 g/mol. The molecule has 0 radical (unpaired) electrons. The molecule has 0 bridgehead atoms. The van der Waals surface area contributed by atoms with E-state index in [-0.39, 0.29) is 31.1 Å². The van der Waals surface area contributed by atoms with E-state index in [4.69, 9.17) is 9.47 Å². The highest BCUT2D eigenvalue weighted by Gasteiger charge is 2.21. The fraction of sp³-hybridized carbons (Fsp3) is 0.500. The maximum Gasteiger partial charge on any atom is 0.237 e. The third-order valence-electron chi connectivity index (χ3n) is 3.56. The number of hydrogen-bond acceptors (Lipinski definition) is 4. The van der Waals surface area contributed by atoms with Crippen LogP contribution in [0.1, 0.15) is 24.8 Å². The minimum absolute atomic E-state index is 0. The van der Waals surface area contributed by atoms with Crippen LogP contribution in [0.25, 0.3) is 0 Å². The highest BCUT2D eigenvalue weighted by Crippen LogP contribution is 2.35. The van der Waals surface area contributed by atoms with E-state index in [0.29, 0.717) is 6.54 Å². The number of ether oxygens (including phenoxy) is 2. The second-order valence-electron chi connectivity index (χ2n) is 4.87. The minimum Gasteiger partial charge on any atom is -0.454 e. The van der Waals surface area contributed by atoms with Gasteiger partial charge in [0, 0.05) is 12.1 Å². The van der Waals surface area contributed by atoms with Crippen molar-refractivity contribution < 1.29 is 14.3 Å². The number of nitrogens with one attached hydrogen (secondary N) is 2. The Morgan fingerprint density at radius 3 is 3.05 bits per heavy atom. The Kier molecular flexibility index (Phi) is 5.09. The van der Waals surface area contributed by atoms with Crippen molar-refractivity contribution in [1.82, 2.24) is 10.6 Å². The van der Waals surface area contributed by atoms with Crippen molar-refractivity contribution in [2.75, 3.05) is 13.3 Å². The summed E-state index contributed by atoms with van der Waals surface area (Å²) >= 11 is 0. The van der Waals surface area contributed by atoms with E-state index in [1.54, 1.807) is 0 Å². The number of fused-ring (bicyclic) bond motifs is 1. The van der Waals surface area contributed by atoms with Crippen LogP contribution in [0, 0.1) is 0 Å². The number of hydrogen-bond donors (Lipinski definition) is 2. The van der Waals surface area contributed by atoms with Gasteiger partial charge in [0.25, 0.3) is 0 Å². The lowest BCUT2D eigenvalue weighted by atomic mass is 10.0. The van der Waals surface area contributed by atoms with Gasteiger partial charge in [-0.15, -0.1) is 12.4 Å². The van der Waals surface area contributed by atoms with Crippen LogP contribution in [0.3, 0.4) is 0 Å². The average molecular weight is 299 g/mol. The summed E-state index contributed by atoms with van der Waals surface area (Å²) in [7, 11) is 0. The molecule has 2 aliphatic heterocycles. The van der Waals surface area contributed by atoms with Gasteiger partial charge in [0.2, 0.25) is 12.7 Å². The summed E-state index contributed by atoms with van der Waals surface area (Å²) in [6.45, 7) is 1.66. The number of amides is 1. The summed E-state index contributed by atoms with van der Waals surface area (Å²) in [6.07, 6.45) is 3.18. The van der Waals surface area contributed by atoms with E-state index in [2.05, 4.69) is 10.6 Å². The summed E-state index contributed by atoms with van der Waals surface area (Å²) in [6, 6.07) is 5.68. The third kappa shape index (κ3) is 3.16. The molecule has 5 nitrogen and oxygen atoms in total. The molecule has 1 atom stereocenters. The van der Waals surface area contributed by atoms with Crippen molar-refractivity contribution in [3.63, 3.8) is 0 Å². The van der Waals surface area contributed by atoms with Crippen molar-refractivity contribution in [2.45, 2.75) is 31.8 Å². The third-order valence-corrected chi connectivity index (χ3v) is 3.56. The van der Waals surface area contributed by atoms with Crippen molar-refractivity contribution in [3.05, 3.63) is 23.8 Å². The first kappa shape index (κ1) is 14.9. The SMILES string of the molecule is Cl.O=C(NCc1cccc2c1OCO2)[C@@H]1CCCCN1. The zero-order chi connectivity index (χ0) is 13.1. The van der Waals surface area contributed by atoms with Gasteiger partial charge in [-0.1, -0.05) is 18.6 Å². The van der Waals surface area contributed by atoms with Gasteiger partial charge in [-0.05, 0) is 25.5 Å². The Balaban J connectivity index is 0.00000147. The summed E-state index contributed by atoms with van der Waals surface area (Å²) in [5.74, 6) is 1.57. The number of piperidine rings is 1. The normalized spacial score (nSPS) is 20.1. The molecule has 1 saturated heterocycles. The van der Waals surface area contributed by atoms with Gasteiger partial charge in [0.15, 0.2) is 11.5 Å². The van der Waals surface area contributed by atoms with Crippen molar-refractivity contribution in [1.29, 1.82) is 0 Å². The summed E-state index contributed by atoms with van der Waals surface area (Å²) in [5.41, 5.74) is 0.958. The maximum absolute atomic E-state index is 12.0. The molecule has 0 unspecified atom stereocenters. The van der Waals surface area contributed by atoms with Crippen molar-refractivity contribution in [3.8, 4) is 11.5 Å². The Hall–Kier alpha value is -1.46. The molecule has 0 spiro atoms. The Morgan fingerprint density at radius 1 is 1.35 bits per heavy atom. The lowest BCUT2D eigenvalue weighted by molar-refractivity contribution is -0.123. The summed E-state index contributed by atoms with van der Waals surface area (Å²) in [5, 5.41) is 6.20. The standard InChI is InChI=1S/C14H18N2O3.ClH/c17-14(11-5-1-2-7-15-11)16-8-10-4-3-6-12-13(10)19-9-18-12;/h3-4,6,11,15H,1-2,5,7-9H2,(H,16,17);1H/t11-;/m0./s1. The highest BCUT2D eigenvalue weighted by molar-refractivity contribution is 5.85. The van der Waals surface area contributed by atoms with E-state index in [1.807, 2.05) is 18.2 Å². The van der Waals surface area contributed by atoms with E-state index in [0.717, 1.165) is 42.9 Å². The lowest BCUT2D eigenvalue weighted by Crippen LogP contribution is -2.46. The molecule has 0 aromatic heterocycles. The number of benzene rings is 1. The zero-order valence-corrected chi connectivity index (χ0v) is 12.0. The Bertz CT molecular complexity index is 475. The van der Waals surface area contributed by atoms with Crippen LogP contribution in [0.4, 0.5) is 0 Å². The molecule has 1 aromatic rings. The van der Waals surface area contributed by atoms with Gasteiger partial charge < -0.3 is 20.1 Å². The van der Waals surface area contributed by atoms with E-state index >= 15 is 0 Å². The van der Waals surface area contributed by atoms with E-state index < -0.39 is 0 Å². The summed E-state index contributed by atoms with van der Waals surface area (Å²) < 4.78 is 10.7. The molecule has 20 heavy (non-hydrogen) atoms. The molecule has 2 heterocycles. The molecular weight excluding hydrogens is 280 g/mol. The van der Waals surface area contributed by atoms with Crippen LogP contribution >= 0.6 is 12.4 Å². The second-order valence-corrected chi connectivity index (χ2v) is 4.87. The number of rotatable bonds is 3. The van der Waals surface area contributed by atoms with Crippen LogP contribution in [0.2, 0.25) is 0 Å². The zero-order valence-electron chi connectivity index (χ0n) is 11.2. The van der Waals surface area contributed by atoms with Crippen LogP contribution in [0.5, 0.6) is 11.5 Å². The summed E-state index contributed by atoms with van der Waals surface area (Å²) in [4.78, 5) is 12.0. The smallest absolute Gasteiger partial charge is 0.237 e. The minimum atomic E-state index is -0.0531. The fourth-order valence-corrected chi connectivity index (χ4v) is 2.51. The number of para-hydroxylation sites is 1. The molecule has 2 N–H and O–H groups in total. The first-order valence-electron chi connectivity index (χ1n) is 6.73. The van der Waals surface area contributed by atoms with Gasteiger partial charge in [-0.25, -0.2) is 0 Å². The largest absolute Gasteiger partial charge is 0.454 e. The predicted octanol–water partition coefficient (Wildman–Crippen LogP) is 1.60. The van der Waals surface area contributed by atoms with Crippen LogP contribution in [-0.4, -0.2) is 25.3 Å². The molecular formula is C14H19ClN2O3. The molecule has 1 amide bonds. The van der Waals surface area contributed by atoms with Gasteiger partial charge in [-0.3, -0.25) is 4.79 Å². The number of halogens is 1. The second kappa shape index (κ2) is 6.81. The molecule has 2 aliphatic rings. The van der Waals surface area contributed by atoms with Gasteiger partial charge in [0.1, 0.15) is 0 Å². The lowest BCUT2D eigenvalue weighted by Gasteiger charge is -2.22. The van der Waals surface area contributed by atoms with Gasteiger partial charge in [-0.2, -0.15) is 0 Å². The quantitative estimate of drug-likeness (QED) is 0.890. The Morgan fingerprint density at radius 2 is 2.25 bits per heavy atom. The highest BCUT2D eigenvalue weighted by atomic mass is 35.5. The van der Waals surface area contributed by atoms with Crippen LogP contribution in [0.15, 0.2) is 18.2 Å². The molecule has 1 fully saturated rings. The molecule has 0 aliphatic carbocycles. The molecule has 3 rings (SSSR count). The number of carbonyl (C=O) groups excluding carboxylic acids is 1. The molecule has 0 saturated carbocycles. The first-order valence-corrected chi connectivity index (χ1v) is 6.73. The first-order chi connectivity index (χ1) is 9.34. The van der Waals surface area contributed by atoms with E-state index in [1.165, 1.54) is 0 Å². The topological polar surface area (TPSA) is 59.6 Å². The van der Waals surface area contributed by atoms with Crippen LogP contribution < -0.4 is 20.1 Å². The molecule has 1 aromatic carbocycles. The van der Waals surface area contributed by atoms with Crippen molar-refractivity contribution in [2.24, 2.45) is 0 Å². The van der Waals surface area contributed by atoms with Gasteiger partial charge >= 0.3 is 0 Å². The molecule has 110 valence electrons. The van der Waals surface area contributed by atoms with E-state index in [9.17, 15) is 4.79 Å². The van der Waals surface area contributed by atoms with Crippen molar-refractivity contribution >= 4 is 18.3 Å². The Labute approximate surface area is 124 Å².